The highest BCUT2D eigenvalue weighted by Gasteiger charge is 2.25. The number of rotatable bonds is 3. The molecule has 7 nitrogen and oxygen atoms in total. The summed E-state index contributed by atoms with van der Waals surface area (Å²) in [7, 11) is 1.19. The lowest BCUT2D eigenvalue weighted by atomic mass is 10.1. The van der Waals surface area contributed by atoms with E-state index in [0.29, 0.717) is 12.3 Å². The Bertz CT molecular complexity index is 538. The maximum atomic E-state index is 11.6. The van der Waals surface area contributed by atoms with Crippen molar-refractivity contribution in [3.63, 3.8) is 0 Å². The van der Waals surface area contributed by atoms with Crippen molar-refractivity contribution < 1.29 is 24.2 Å². The van der Waals surface area contributed by atoms with E-state index in [-0.39, 0.29) is 23.4 Å². The zero-order chi connectivity index (χ0) is 14.7. The number of hydrogen-bond donors (Lipinski definition) is 2. The van der Waals surface area contributed by atoms with Gasteiger partial charge in [0.05, 0.1) is 24.6 Å². The molecule has 1 amide bonds. The highest BCUT2D eigenvalue weighted by atomic mass is 16.5. The van der Waals surface area contributed by atoms with E-state index >= 15 is 0 Å². The Morgan fingerprint density at radius 3 is 2.85 bits per heavy atom. The van der Waals surface area contributed by atoms with Crippen LogP contribution in [0, 0.1) is 0 Å². The van der Waals surface area contributed by atoms with Crippen LogP contribution < -0.4 is 5.32 Å². The molecule has 2 rings (SSSR count). The normalized spacial score (nSPS) is 17.8. The molecule has 0 aromatic carbocycles. The second-order valence-corrected chi connectivity index (χ2v) is 4.47. The van der Waals surface area contributed by atoms with E-state index in [2.05, 4.69) is 15.0 Å². The molecule has 108 valence electrons. The lowest BCUT2D eigenvalue weighted by Gasteiger charge is -2.14. The molecule has 1 fully saturated rings. The maximum absolute atomic E-state index is 11.6. The van der Waals surface area contributed by atoms with Gasteiger partial charge >= 0.3 is 5.97 Å². The molecule has 20 heavy (non-hydrogen) atoms. The van der Waals surface area contributed by atoms with Crippen LogP contribution >= 0.6 is 0 Å². The first kappa shape index (κ1) is 14.3. The number of nitrogens with zero attached hydrogens (tertiary/aromatic N) is 1. The third-order valence-electron chi connectivity index (χ3n) is 2.96. The van der Waals surface area contributed by atoms with Crippen molar-refractivity contribution >= 4 is 17.6 Å². The van der Waals surface area contributed by atoms with E-state index in [9.17, 15) is 14.7 Å². The Balaban J connectivity index is 2.46. The predicted octanol–water partition coefficient (Wildman–Crippen LogP) is 1.38. The van der Waals surface area contributed by atoms with Crippen LogP contribution in [0.25, 0.3) is 0 Å². The van der Waals surface area contributed by atoms with Crippen LogP contribution in [0.4, 0.5) is 5.69 Å². The average molecular weight is 280 g/mol. The molecule has 2 N–H and O–H groups in total. The van der Waals surface area contributed by atoms with E-state index in [4.69, 9.17) is 4.74 Å². The Labute approximate surface area is 115 Å². The van der Waals surface area contributed by atoms with Crippen molar-refractivity contribution in [3.8, 4) is 5.75 Å². The molecule has 2 heterocycles. The number of amides is 1. The van der Waals surface area contributed by atoms with Gasteiger partial charge in [-0.2, -0.15) is 0 Å². The zero-order valence-corrected chi connectivity index (χ0v) is 11.3. The van der Waals surface area contributed by atoms with Crippen molar-refractivity contribution in [2.24, 2.45) is 0 Å². The number of nitrogens with one attached hydrogen (secondary N) is 1. The highest BCUT2D eigenvalue weighted by molar-refractivity contribution is 5.96. The van der Waals surface area contributed by atoms with Crippen LogP contribution in [0.2, 0.25) is 0 Å². The number of carbonyl (C=O) groups excluding carboxylic acids is 2. The average Bonchev–Trinajstić information content (AvgIpc) is 2.93. The zero-order valence-electron chi connectivity index (χ0n) is 11.3. The summed E-state index contributed by atoms with van der Waals surface area (Å²) in [5, 5.41) is 12.5. The fourth-order valence-electron chi connectivity index (χ4n) is 2.06. The molecule has 1 unspecified atom stereocenters. The van der Waals surface area contributed by atoms with E-state index in [1.54, 1.807) is 0 Å². The van der Waals surface area contributed by atoms with Gasteiger partial charge in [-0.3, -0.25) is 4.79 Å². The monoisotopic (exact) mass is 280 g/mol. The minimum atomic E-state index is -0.769. The fraction of sp³-hybridized carbons (Fsp3) is 0.462. The van der Waals surface area contributed by atoms with Gasteiger partial charge in [0, 0.05) is 13.5 Å². The third kappa shape index (κ3) is 2.88. The van der Waals surface area contributed by atoms with Crippen molar-refractivity contribution in [1.29, 1.82) is 0 Å². The van der Waals surface area contributed by atoms with Crippen LogP contribution in [0.3, 0.4) is 0 Å². The van der Waals surface area contributed by atoms with Crippen molar-refractivity contribution in [1.82, 2.24) is 4.98 Å². The molecule has 1 atom stereocenters. The van der Waals surface area contributed by atoms with Crippen LogP contribution in [0.1, 0.15) is 42.1 Å². The molecule has 0 saturated carbocycles. The lowest BCUT2D eigenvalue weighted by Crippen LogP contribution is -2.13. The van der Waals surface area contributed by atoms with Crippen LogP contribution in [-0.4, -0.2) is 35.7 Å². The van der Waals surface area contributed by atoms with E-state index in [1.807, 2.05) is 0 Å². The lowest BCUT2D eigenvalue weighted by molar-refractivity contribution is -0.114. The summed E-state index contributed by atoms with van der Waals surface area (Å²) in [6.45, 7) is 1.93. The van der Waals surface area contributed by atoms with Crippen molar-refractivity contribution in [2.75, 3.05) is 19.0 Å². The molecule has 1 saturated heterocycles. The highest BCUT2D eigenvalue weighted by Crippen LogP contribution is 2.34. The van der Waals surface area contributed by atoms with Gasteiger partial charge in [0.25, 0.3) is 0 Å². The number of ether oxygens (including phenoxy) is 2. The molecule has 1 aliphatic rings. The fourth-order valence-corrected chi connectivity index (χ4v) is 2.06. The molecule has 7 heteroatoms. The Morgan fingerprint density at radius 2 is 2.30 bits per heavy atom. The first-order valence-electron chi connectivity index (χ1n) is 6.24. The minimum absolute atomic E-state index is 0.124. The number of aromatic hydroxyl groups is 1. The molecular weight excluding hydrogens is 264 g/mol. The first-order chi connectivity index (χ1) is 9.52. The summed E-state index contributed by atoms with van der Waals surface area (Å²) in [4.78, 5) is 26.9. The van der Waals surface area contributed by atoms with Gasteiger partial charge in [-0.25, -0.2) is 9.78 Å². The number of carbonyl (C=O) groups is 2. The van der Waals surface area contributed by atoms with Gasteiger partial charge in [0.1, 0.15) is 0 Å². The Kier molecular flexibility index (Phi) is 4.19. The summed E-state index contributed by atoms with van der Waals surface area (Å²) >= 11 is 0. The number of anilines is 1. The van der Waals surface area contributed by atoms with Gasteiger partial charge in [-0.15, -0.1) is 0 Å². The van der Waals surface area contributed by atoms with E-state index < -0.39 is 11.7 Å². The largest absolute Gasteiger partial charge is 0.504 e. The molecule has 1 aromatic heterocycles. The van der Waals surface area contributed by atoms with Gasteiger partial charge < -0.3 is 19.9 Å². The molecular formula is C13H16N2O5. The standard InChI is InChI=1S/C13H16N2O5/c1-7(16)14-9-6-8(10-4-3-5-20-10)15-11(12(9)17)13(18)19-2/h6,10,17H,3-5H2,1-2H3,(H,14,15,16). The van der Waals surface area contributed by atoms with Gasteiger partial charge in [-0.1, -0.05) is 0 Å². The summed E-state index contributed by atoms with van der Waals surface area (Å²) in [6, 6.07) is 1.51. The Morgan fingerprint density at radius 1 is 1.55 bits per heavy atom. The predicted molar refractivity (Wildman–Crippen MR) is 69.5 cm³/mol. The number of pyridine rings is 1. The number of aromatic nitrogens is 1. The van der Waals surface area contributed by atoms with Gasteiger partial charge in [-0.05, 0) is 18.9 Å². The van der Waals surface area contributed by atoms with Crippen LogP contribution in [0.5, 0.6) is 5.75 Å². The maximum Gasteiger partial charge on any atom is 0.360 e. The third-order valence-corrected chi connectivity index (χ3v) is 2.96. The smallest absolute Gasteiger partial charge is 0.360 e. The summed E-state index contributed by atoms with van der Waals surface area (Å²) in [5.74, 6) is -1.54. The van der Waals surface area contributed by atoms with E-state index in [1.165, 1.54) is 20.1 Å². The molecule has 0 radical (unpaired) electrons. The molecule has 0 bridgehead atoms. The quantitative estimate of drug-likeness (QED) is 0.812. The summed E-state index contributed by atoms with van der Waals surface area (Å²) in [6.07, 6.45) is 1.43. The topological polar surface area (TPSA) is 97.8 Å². The number of hydrogen-bond acceptors (Lipinski definition) is 6. The van der Waals surface area contributed by atoms with Crippen LogP contribution in [0.15, 0.2) is 6.07 Å². The number of methoxy groups -OCH3 is 1. The SMILES string of the molecule is COC(=O)c1nc(C2CCCO2)cc(NC(C)=O)c1O. The van der Waals surface area contributed by atoms with Gasteiger partial charge in [0.2, 0.25) is 5.91 Å². The molecule has 0 spiro atoms. The van der Waals surface area contributed by atoms with E-state index in [0.717, 1.165) is 12.8 Å². The van der Waals surface area contributed by atoms with Crippen molar-refractivity contribution in [2.45, 2.75) is 25.9 Å². The van der Waals surface area contributed by atoms with Gasteiger partial charge in [0.15, 0.2) is 11.4 Å². The Hall–Kier alpha value is -2.15. The molecule has 0 aliphatic carbocycles. The molecule has 1 aromatic rings. The second kappa shape index (κ2) is 5.87. The first-order valence-corrected chi connectivity index (χ1v) is 6.24. The molecule has 1 aliphatic heterocycles. The summed E-state index contributed by atoms with van der Waals surface area (Å²) in [5.41, 5.74) is 0.382. The van der Waals surface area contributed by atoms with Crippen molar-refractivity contribution in [3.05, 3.63) is 17.5 Å². The summed E-state index contributed by atoms with van der Waals surface area (Å²) < 4.78 is 10.1. The second-order valence-electron chi connectivity index (χ2n) is 4.47. The van der Waals surface area contributed by atoms with Crippen LogP contribution in [-0.2, 0) is 14.3 Å². The number of esters is 1. The minimum Gasteiger partial charge on any atom is -0.504 e.